The SMILES string of the molecule is C(#CC1CCCC1)c1cc2[nH]c1cc1[nH]c(cc1C#CC1CCCC1)c(=PC1CCCC1)c1ccc([nH]1)c(C#CC1CCCC1)c1nc(c2C2CCCCCC2)C=C1. The number of hydrogen-bond donors (Lipinski definition) is 3. The van der Waals surface area contributed by atoms with Gasteiger partial charge in [-0.25, -0.2) is 4.98 Å². The fourth-order valence-electron chi connectivity index (χ4n) is 10.8. The molecule has 5 saturated carbocycles. The topological polar surface area (TPSA) is 60.3 Å². The third-order valence-electron chi connectivity index (χ3n) is 14.1. The van der Waals surface area contributed by atoms with E-state index >= 15 is 0 Å². The largest absolute Gasteiger partial charge is 0.354 e. The van der Waals surface area contributed by atoms with Crippen LogP contribution in [0.1, 0.15) is 181 Å². The molecule has 0 aromatic carbocycles. The zero-order valence-electron chi connectivity index (χ0n) is 34.4. The molecule has 296 valence electrons. The highest BCUT2D eigenvalue weighted by molar-refractivity contribution is 7.30. The molecule has 5 heteroatoms. The zero-order chi connectivity index (χ0) is 38.7. The van der Waals surface area contributed by atoms with Crippen LogP contribution in [0.2, 0.25) is 0 Å². The van der Waals surface area contributed by atoms with Gasteiger partial charge in [-0.1, -0.05) is 121 Å². The highest BCUT2D eigenvalue weighted by atomic mass is 31.1. The summed E-state index contributed by atoms with van der Waals surface area (Å²) in [6.07, 6.45) is 32.3. The first-order valence-corrected chi connectivity index (χ1v) is 24.2. The van der Waals surface area contributed by atoms with E-state index in [0.29, 0.717) is 29.3 Å². The van der Waals surface area contributed by atoms with E-state index < -0.39 is 0 Å². The van der Waals surface area contributed by atoms with Crippen LogP contribution in [0.25, 0.3) is 45.3 Å². The number of H-pyrrole nitrogens is 3. The second kappa shape index (κ2) is 17.4. The molecule has 4 nitrogen and oxygen atoms in total. The molecule has 0 saturated heterocycles. The van der Waals surface area contributed by atoms with Gasteiger partial charge in [0.1, 0.15) is 0 Å². The normalized spacial score (nSPS) is 20.6. The van der Waals surface area contributed by atoms with E-state index in [1.165, 1.54) is 177 Å². The summed E-state index contributed by atoms with van der Waals surface area (Å²) in [6, 6.07) is 11.6. The first-order chi connectivity index (χ1) is 28.7. The molecule has 1 aliphatic heterocycles. The number of hydrogen-bond acceptors (Lipinski definition) is 1. The fourth-order valence-corrected chi connectivity index (χ4v) is 12.3. The Labute approximate surface area is 347 Å². The van der Waals surface area contributed by atoms with Crippen molar-refractivity contribution in [3.8, 4) is 35.5 Å². The number of rotatable bonds is 2. The van der Waals surface area contributed by atoms with Gasteiger partial charge < -0.3 is 15.0 Å². The molecule has 6 aliphatic rings. The van der Waals surface area contributed by atoms with Gasteiger partial charge in [0.05, 0.1) is 55.7 Å². The Morgan fingerprint density at radius 3 is 1.60 bits per heavy atom. The minimum atomic E-state index is 0.438. The predicted molar refractivity (Wildman–Crippen MR) is 245 cm³/mol. The summed E-state index contributed by atoms with van der Waals surface area (Å²) in [6.45, 7) is 0. The quantitative estimate of drug-likeness (QED) is 0.0932. The Kier molecular flexibility index (Phi) is 11.4. The summed E-state index contributed by atoms with van der Waals surface area (Å²) < 4.78 is 0. The Morgan fingerprint density at radius 1 is 0.466 bits per heavy atom. The number of nitrogens with zero attached hydrogens (tertiary/aromatic N) is 1. The van der Waals surface area contributed by atoms with Gasteiger partial charge in [-0.3, -0.25) is 0 Å². The number of aromatic amines is 3. The lowest BCUT2D eigenvalue weighted by Crippen LogP contribution is -2.01. The fraction of sp³-hybridized carbons (Fsp3) is 0.509. The van der Waals surface area contributed by atoms with E-state index in [9.17, 15) is 0 Å². The minimum absolute atomic E-state index is 0.438. The summed E-state index contributed by atoms with van der Waals surface area (Å²) in [7, 11) is 1.38. The van der Waals surface area contributed by atoms with E-state index in [1.807, 2.05) is 0 Å². The molecule has 5 fully saturated rings. The number of aromatic nitrogens is 4. The third-order valence-corrected chi connectivity index (χ3v) is 15.7. The molecule has 0 amide bonds. The standard InChI is InChI=1S/C53H59N4P/c1-2-4-20-39(19-3-1)52-46-31-29-44(54-46)43(28-25-38-17-9-10-18-38)45-30-32-47(55-45)53(58-42-21-11-12-22-42)51-34-41(27-24-37-15-7-8-16-37)49(57-51)35-48-40(33-50(52)56-48)26-23-36-13-5-6-14-36/h29-39,42,55-57H,1-22H2. The van der Waals surface area contributed by atoms with Crippen LogP contribution in [-0.2, 0) is 0 Å². The van der Waals surface area contributed by atoms with Crippen LogP contribution in [0.5, 0.6) is 0 Å². The van der Waals surface area contributed by atoms with Gasteiger partial charge in [-0.05, 0) is 113 Å². The molecule has 8 bridgehead atoms. The summed E-state index contributed by atoms with van der Waals surface area (Å²) in [5, 5.41) is 0. The highest BCUT2D eigenvalue weighted by Crippen LogP contribution is 2.38. The Morgan fingerprint density at radius 2 is 0.966 bits per heavy atom. The van der Waals surface area contributed by atoms with E-state index in [1.54, 1.807) is 0 Å². The van der Waals surface area contributed by atoms with Crippen molar-refractivity contribution >= 4 is 53.5 Å². The van der Waals surface area contributed by atoms with Gasteiger partial charge in [0.25, 0.3) is 0 Å². The van der Waals surface area contributed by atoms with Gasteiger partial charge in [-0.15, -0.1) is 0 Å². The molecular weight excluding hydrogens is 724 g/mol. The van der Waals surface area contributed by atoms with Crippen molar-refractivity contribution in [1.29, 1.82) is 0 Å². The third kappa shape index (κ3) is 8.37. The second-order valence-electron chi connectivity index (χ2n) is 18.3. The van der Waals surface area contributed by atoms with E-state index in [4.69, 9.17) is 4.98 Å². The summed E-state index contributed by atoms with van der Waals surface area (Å²) in [5.41, 5.74) is 14.0. The van der Waals surface area contributed by atoms with Crippen molar-refractivity contribution in [2.45, 2.75) is 153 Å². The number of nitrogens with one attached hydrogen (secondary N) is 3. The Hall–Kier alpha value is -4.42. The maximum Gasteiger partial charge on any atom is 0.0815 e. The number of fused-ring (bicyclic) bond motifs is 8. The van der Waals surface area contributed by atoms with Gasteiger partial charge in [0.2, 0.25) is 0 Å². The smallest absolute Gasteiger partial charge is 0.0815 e. The molecular formula is C53H59N4P. The van der Waals surface area contributed by atoms with Crippen LogP contribution < -0.4 is 0 Å². The molecule has 5 heterocycles. The van der Waals surface area contributed by atoms with Crippen LogP contribution in [0, 0.1) is 58.2 Å². The van der Waals surface area contributed by atoms with Gasteiger partial charge in [0.15, 0.2) is 0 Å². The Balaban J connectivity index is 1.30. The second-order valence-corrected chi connectivity index (χ2v) is 19.7. The summed E-state index contributed by atoms with van der Waals surface area (Å²) in [5.74, 6) is 24.3. The molecule has 4 aromatic rings. The maximum atomic E-state index is 5.55. The molecule has 3 N–H and O–H groups in total. The maximum absolute atomic E-state index is 5.55. The average molecular weight is 783 g/mol. The first kappa shape index (κ1) is 37.8. The summed E-state index contributed by atoms with van der Waals surface area (Å²) in [4.78, 5) is 18.9. The molecule has 0 atom stereocenters. The summed E-state index contributed by atoms with van der Waals surface area (Å²) >= 11 is 0. The zero-order valence-corrected chi connectivity index (χ0v) is 35.3. The van der Waals surface area contributed by atoms with Crippen molar-refractivity contribution in [3.05, 3.63) is 68.9 Å². The first-order valence-electron chi connectivity index (χ1n) is 23.2. The predicted octanol–water partition coefficient (Wildman–Crippen LogP) is 14.2. The van der Waals surface area contributed by atoms with Crippen LogP contribution in [0.3, 0.4) is 0 Å². The van der Waals surface area contributed by atoms with Crippen molar-refractivity contribution in [2.75, 3.05) is 0 Å². The van der Waals surface area contributed by atoms with Crippen molar-refractivity contribution in [2.24, 2.45) is 17.8 Å². The highest BCUT2D eigenvalue weighted by Gasteiger charge is 2.23. The van der Waals surface area contributed by atoms with Gasteiger partial charge in [0, 0.05) is 39.4 Å². The van der Waals surface area contributed by atoms with Gasteiger partial charge in [-0.2, -0.15) is 0 Å². The van der Waals surface area contributed by atoms with Crippen LogP contribution in [0.4, 0.5) is 0 Å². The van der Waals surface area contributed by atoms with E-state index in [0.717, 1.165) is 44.6 Å². The van der Waals surface area contributed by atoms with Crippen LogP contribution >= 0.6 is 8.20 Å². The van der Waals surface area contributed by atoms with E-state index in [2.05, 4.69) is 93.0 Å². The molecule has 10 rings (SSSR count). The van der Waals surface area contributed by atoms with Crippen molar-refractivity contribution < 1.29 is 0 Å². The lowest BCUT2D eigenvalue weighted by Gasteiger charge is -2.15. The lowest BCUT2D eigenvalue weighted by atomic mass is 9.90. The monoisotopic (exact) mass is 782 g/mol. The molecule has 0 unspecified atom stereocenters. The molecule has 0 spiro atoms. The molecule has 5 aliphatic carbocycles. The average Bonchev–Trinajstić information content (AvgIpc) is 4.08. The van der Waals surface area contributed by atoms with Crippen molar-refractivity contribution in [1.82, 2.24) is 19.9 Å². The van der Waals surface area contributed by atoms with Crippen LogP contribution in [-0.4, -0.2) is 25.6 Å². The van der Waals surface area contributed by atoms with Gasteiger partial charge >= 0.3 is 0 Å². The lowest BCUT2D eigenvalue weighted by molar-refractivity contribution is 0.593. The van der Waals surface area contributed by atoms with Crippen molar-refractivity contribution in [3.63, 3.8) is 0 Å². The molecule has 4 aromatic heterocycles. The molecule has 58 heavy (non-hydrogen) atoms. The van der Waals surface area contributed by atoms with Crippen LogP contribution in [0.15, 0.2) is 30.3 Å². The Bertz CT molecular complexity index is 2580. The van der Waals surface area contributed by atoms with E-state index in [-0.39, 0.29) is 0 Å². The molecule has 0 radical (unpaired) electrons. The minimum Gasteiger partial charge on any atom is -0.354 e.